The van der Waals surface area contributed by atoms with Crippen molar-refractivity contribution in [1.82, 2.24) is 0 Å². The Bertz CT molecular complexity index is 154. The molecule has 0 aromatic rings. The zero-order valence-electron chi connectivity index (χ0n) is 7.58. The van der Waals surface area contributed by atoms with Gasteiger partial charge in [-0.2, -0.15) is 0 Å². The number of hydrogen-bond donors (Lipinski definition) is 3. The minimum atomic E-state index is -1.06. The van der Waals surface area contributed by atoms with Crippen molar-refractivity contribution in [3.63, 3.8) is 0 Å². The monoisotopic (exact) mass is 175 g/mol. The number of carbonyl (C=O) groups is 1. The predicted octanol–water partition coefficient (Wildman–Crippen LogP) is 0.339. The van der Waals surface area contributed by atoms with Gasteiger partial charge >= 0.3 is 5.97 Å². The summed E-state index contributed by atoms with van der Waals surface area (Å²) in [5.74, 6) is -1.06. The predicted molar refractivity (Wildman–Crippen MR) is 45.8 cm³/mol. The molecule has 0 amide bonds. The smallest absolute Gasteiger partial charge is 0.320 e. The van der Waals surface area contributed by atoms with Crippen LogP contribution in [0.4, 0.5) is 0 Å². The molecule has 0 spiro atoms. The van der Waals surface area contributed by atoms with Gasteiger partial charge in [0.2, 0.25) is 0 Å². The topological polar surface area (TPSA) is 83.5 Å². The lowest BCUT2D eigenvalue weighted by Crippen LogP contribution is -2.40. The highest BCUT2D eigenvalue weighted by molar-refractivity contribution is 5.73. The van der Waals surface area contributed by atoms with Crippen LogP contribution in [0.2, 0.25) is 0 Å². The molecule has 0 aliphatic carbocycles. The fourth-order valence-electron chi connectivity index (χ4n) is 1.04. The summed E-state index contributed by atoms with van der Waals surface area (Å²) in [5, 5.41) is 18.2. The van der Waals surface area contributed by atoms with Crippen LogP contribution in [-0.2, 0) is 4.79 Å². The standard InChI is InChI=1S/C8H17NO3/c1-3-8(12,4-2)5-6(9)7(10)11/h6,12H,3-5,9H2,1-2H3,(H,10,11). The van der Waals surface area contributed by atoms with Crippen molar-refractivity contribution in [1.29, 1.82) is 0 Å². The minimum Gasteiger partial charge on any atom is -0.480 e. The summed E-state index contributed by atoms with van der Waals surface area (Å²) in [7, 11) is 0. The summed E-state index contributed by atoms with van der Waals surface area (Å²) < 4.78 is 0. The van der Waals surface area contributed by atoms with Crippen LogP contribution in [0.3, 0.4) is 0 Å². The number of carboxylic acids is 1. The van der Waals surface area contributed by atoms with Crippen LogP contribution in [0, 0.1) is 0 Å². The lowest BCUT2D eigenvalue weighted by Gasteiger charge is -2.26. The van der Waals surface area contributed by atoms with Crippen LogP contribution >= 0.6 is 0 Å². The third-order valence-corrected chi connectivity index (χ3v) is 2.23. The van der Waals surface area contributed by atoms with Crippen LogP contribution in [0.1, 0.15) is 33.1 Å². The lowest BCUT2D eigenvalue weighted by atomic mass is 9.90. The molecule has 12 heavy (non-hydrogen) atoms. The average molecular weight is 175 g/mol. The summed E-state index contributed by atoms with van der Waals surface area (Å²) in [4.78, 5) is 10.4. The Hall–Kier alpha value is -0.610. The van der Waals surface area contributed by atoms with Crippen molar-refractivity contribution in [2.45, 2.75) is 44.8 Å². The molecule has 1 atom stereocenters. The maximum absolute atomic E-state index is 10.4. The third-order valence-electron chi connectivity index (χ3n) is 2.23. The molecule has 72 valence electrons. The molecule has 4 nitrogen and oxygen atoms in total. The van der Waals surface area contributed by atoms with E-state index in [0.29, 0.717) is 12.8 Å². The van der Waals surface area contributed by atoms with Gasteiger partial charge in [-0.3, -0.25) is 4.79 Å². The van der Waals surface area contributed by atoms with E-state index in [-0.39, 0.29) is 6.42 Å². The third kappa shape index (κ3) is 3.19. The Morgan fingerprint density at radius 3 is 2.17 bits per heavy atom. The molecule has 0 radical (unpaired) electrons. The van der Waals surface area contributed by atoms with Gasteiger partial charge in [0.15, 0.2) is 0 Å². The first-order valence-corrected chi connectivity index (χ1v) is 4.16. The van der Waals surface area contributed by atoms with Crippen LogP contribution in [-0.4, -0.2) is 27.8 Å². The average Bonchev–Trinajstić information content (AvgIpc) is 2.04. The number of hydrogen-bond acceptors (Lipinski definition) is 3. The number of nitrogens with two attached hydrogens (primary N) is 1. The Balaban J connectivity index is 4.11. The number of rotatable bonds is 5. The SMILES string of the molecule is CCC(O)(CC)CC(N)C(=O)O. The van der Waals surface area contributed by atoms with Gasteiger partial charge in [-0.15, -0.1) is 0 Å². The van der Waals surface area contributed by atoms with Crippen LogP contribution < -0.4 is 5.73 Å². The van der Waals surface area contributed by atoms with E-state index < -0.39 is 17.6 Å². The van der Waals surface area contributed by atoms with E-state index in [1.807, 2.05) is 13.8 Å². The Labute approximate surface area is 72.4 Å². The molecule has 0 aromatic heterocycles. The Morgan fingerprint density at radius 1 is 1.50 bits per heavy atom. The minimum absolute atomic E-state index is 0.120. The molecule has 0 fully saturated rings. The fraction of sp³-hybridized carbons (Fsp3) is 0.875. The van der Waals surface area contributed by atoms with Crippen molar-refractivity contribution in [3.8, 4) is 0 Å². The molecule has 0 rings (SSSR count). The van der Waals surface area contributed by atoms with Gasteiger partial charge < -0.3 is 15.9 Å². The molecule has 0 saturated heterocycles. The molecular weight excluding hydrogens is 158 g/mol. The Kier molecular flexibility index (Phi) is 4.20. The molecule has 0 aromatic carbocycles. The quantitative estimate of drug-likeness (QED) is 0.562. The van der Waals surface area contributed by atoms with Gasteiger partial charge in [-0.25, -0.2) is 0 Å². The molecule has 0 bridgehead atoms. The summed E-state index contributed by atoms with van der Waals surface area (Å²) in [6.07, 6.45) is 1.18. The second kappa shape index (κ2) is 4.42. The molecule has 0 aliphatic heterocycles. The van der Waals surface area contributed by atoms with E-state index in [9.17, 15) is 9.90 Å². The first-order chi connectivity index (χ1) is 5.45. The summed E-state index contributed by atoms with van der Waals surface area (Å²) in [5.41, 5.74) is 4.38. The number of aliphatic carboxylic acids is 1. The first-order valence-electron chi connectivity index (χ1n) is 4.16. The number of aliphatic hydroxyl groups is 1. The van der Waals surface area contributed by atoms with E-state index >= 15 is 0 Å². The normalized spacial score (nSPS) is 14.3. The second-order valence-electron chi connectivity index (χ2n) is 3.08. The largest absolute Gasteiger partial charge is 0.480 e. The van der Waals surface area contributed by atoms with Gasteiger partial charge in [0, 0.05) is 6.42 Å². The summed E-state index contributed by atoms with van der Waals surface area (Å²) in [6, 6.07) is -0.963. The first kappa shape index (κ1) is 11.4. The fourth-order valence-corrected chi connectivity index (χ4v) is 1.04. The maximum Gasteiger partial charge on any atom is 0.320 e. The highest BCUT2D eigenvalue weighted by atomic mass is 16.4. The highest BCUT2D eigenvalue weighted by Gasteiger charge is 2.28. The molecule has 0 heterocycles. The van der Waals surface area contributed by atoms with Crippen molar-refractivity contribution in [3.05, 3.63) is 0 Å². The van der Waals surface area contributed by atoms with Crippen LogP contribution in [0.5, 0.6) is 0 Å². The zero-order chi connectivity index (χ0) is 9.78. The van der Waals surface area contributed by atoms with Gasteiger partial charge in [-0.05, 0) is 12.8 Å². The lowest BCUT2D eigenvalue weighted by molar-refractivity contribution is -0.140. The second-order valence-corrected chi connectivity index (χ2v) is 3.08. The molecular formula is C8H17NO3. The molecule has 0 aliphatic rings. The van der Waals surface area contributed by atoms with E-state index in [0.717, 1.165) is 0 Å². The Morgan fingerprint density at radius 2 is 1.92 bits per heavy atom. The number of carboxylic acid groups (broad SMARTS) is 1. The van der Waals surface area contributed by atoms with Crippen LogP contribution in [0.25, 0.3) is 0 Å². The molecule has 0 saturated carbocycles. The van der Waals surface area contributed by atoms with Crippen molar-refractivity contribution >= 4 is 5.97 Å². The summed E-state index contributed by atoms with van der Waals surface area (Å²) in [6.45, 7) is 3.64. The van der Waals surface area contributed by atoms with E-state index in [1.54, 1.807) is 0 Å². The van der Waals surface area contributed by atoms with Crippen LogP contribution in [0.15, 0.2) is 0 Å². The van der Waals surface area contributed by atoms with Gasteiger partial charge in [0.25, 0.3) is 0 Å². The highest BCUT2D eigenvalue weighted by Crippen LogP contribution is 2.20. The van der Waals surface area contributed by atoms with E-state index in [4.69, 9.17) is 10.8 Å². The van der Waals surface area contributed by atoms with E-state index in [1.165, 1.54) is 0 Å². The molecule has 4 heteroatoms. The van der Waals surface area contributed by atoms with E-state index in [2.05, 4.69) is 0 Å². The molecule has 1 unspecified atom stereocenters. The van der Waals surface area contributed by atoms with Crippen molar-refractivity contribution in [2.75, 3.05) is 0 Å². The maximum atomic E-state index is 10.4. The van der Waals surface area contributed by atoms with Crippen molar-refractivity contribution < 1.29 is 15.0 Å². The van der Waals surface area contributed by atoms with Gasteiger partial charge in [0.1, 0.15) is 6.04 Å². The van der Waals surface area contributed by atoms with Crippen molar-refractivity contribution in [2.24, 2.45) is 5.73 Å². The molecule has 4 N–H and O–H groups in total. The summed E-state index contributed by atoms with van der Waals surface area (Å²) >= 11 is 0. The van der Waals surface area contributed by atoms with Gasteiger partial charge in [-0.1, -0.05) is 13.8 Å². The zero-order valence-corrected chi connectivity index (χ0v) is 7.58. The van der Waals surface area contributed by atoms with Gasteiger partial charge in [0.05, 0.1) is 5.60 Å².